The highest BCUT2D eigenvalue weighted by Crippen LogP contribution is 2.47. The smallest absolute Gasteiger partial charge is 0.331 e. The molecule has 2 aromatic carbocycles. The molecular formula is C21H20N2O4. The molecule has 6 nitrogen and oxygen atoms in total. The van der Waals surface area contributed by atoms with Gasteiger partial charge in [0.25, 0.3) is 0 Å². The van der Waals surface area contributed by atoms with Crippen LogP contribution in [0.2, 0.25) is 0 Å². The molecule has 3 atom stereocenters. The fraction of sp³-hybridized carbons (Fsp3) is 0.238. The maximum absolute atomic E-state index is 12.8. The number of carbonyl (C=O) groups excluding carboxylic acids is 2. The SMILES string of the molecule is COC(=O)[C@H]1C2c3ccccc3C=CN2N(c2ccccc2)[C@H]1C(=O)OC. The summed E-state index contributed by atoms with van der Waals surface area (Å²) in [6, 6.07) is 16.2. The van der Waals surface area contributed by atoms with Crippen molar-refractivity contribution in [2.24, 2.45) is 5.92 Å². The molecule has 1 fully saturated rings. The number of rotatable bonds is 3. The molecule has 0 aliphatic carbocycles. The minimum atomic E-state index is -0.828. The highest BCUT2D eigenvalue weighted by Gasteiger charge is 2.56. The molecule has 27 heavy (non-hydrogen) atoms. The summed E-state index contributed by atoms with van der Waals surface area (Å²) in [7, 11) is 2.68. The third-order valence-electron chi connectivity index (χ3n) is 5.14. The van der Waals surface area contributed by atoms with Gasteiger partial charge in [0.2, 0.25) is 0 Å². The summed E-state index contributed by atoms with van der Waals surface area (Å²) in [6.45, 7) is 0. The van der Waals surface area contributed by atoms with Gasteiger partial charge in [0.1, 0.15) is 5.92 Å². The molecule has 2 aliphatic heterocycles. The average molecular weight is 364 g/mol. The molecule has 0 amide bonds. The predicted molar refractivity (Wildman–Crippen MR) is 100 cm³/mol. The average Bonchev–Trinajstić information content (AvgIpc) is 3.08. The number of hydrogen-bond donors (Lipinski definition) is 0. The number of esters is 2. The summed E-state index contributed by atoms with van der Waals surface area (Å²) in [5, 5.41) is 3.76. The second-order valence-electron chi connectivity index (χ2n) is 6.47. The Kier molecular flexibility index (Phi) is 4.32. The van der Waals surface area contributed by atoms with Crippen LogP contribution in [0.3, 0.4) is 0 Å². The standard InChI is InChI=1S/C21H20N2O4/c1-26-20(24)17-18-16-11-7-6-8-14(16)12-13-22(18)23(19(17)21(25)27-2)15-9-4-3-5-10-15/h3-13,17-19H,1-2H3/t17-,18?,19+/m0/s1. The van der Waals surface area contributed by atoms with E-state index < -0.39 is 23.9 Å². The molecule has 0 saturated carbocycles. The first-order valence-corrected chi connectivity index (χ1v) is 8.72. The molecule has 2 aliphatic rings. The zero-order valence-electron chi connectivity index (χ0n) is 15.1. The Labute approximate surface area is 157 Å². The number of benzene rings is 2. The Balaban J connectivity index is 1.92. The highest BCUT2D eigenvalue weighted by atomic mass is 16.5. The molecule has 0 spiro atoms. The lowest BCUT2D eigenvalue weighted by Gasteiger charge is -2.36. The maximum atomic E-state index is 12.8. The lowest BCUT2D eigenvalue weighted by Crippen LogP contribution is -2.46. The van der Waals surface area contributed by atoms with E-state index >= 15 is 0 Å². The molecule has 0 radical (unpaired) electrons. The lowest BCUT2D eigenvalue weighted by molar-refractivity contribution is -0.153. The van der Waals surface area contributed by atoms with Crippen molar-refractivity contribution >= 4 is 23.7 Å². The number of carbonyl (C=O) groups is 2. The van der Waals surface area contributed by atoms with Gasteiger partial charge in [-0.15, -0.1) is 0 Å². The van der Waals surface area contributed by atoms with Crippen molar-refractivity contribution in [3.8, 4) is 0 Å². The van der Waals surface area contributed by atoms with E-state index in [9.17, 15) is 9.59 Å². The van der Waals surface area contributed by atoms with E-state index in [0.29, 0.717) is 0 Å². The predicted octanol–water partition coefficient (Wildman–Crippen LogP) is 2.78. The van der Waals surface area contributed by atoms with E-state index in [1.165, 1.54) is 14.2 Å². The molecule has 2 aromatic rings. The second-order valence-corrected chi connectivity index (χ2v) is 6.47. The number of methoxy groups -OCH3 is 2. The first-order valence-electron chi connectivity index (χ1n) is 8.72. The van der Waals surface area contributed by atoms with Crippen LogP contribution in [-0.2, 0) is 19.1 Å². The molecule has 1 unspecified atom stereocenters. The number of nitrogens with zero attached hydrogens (tertiary/aromatic N) is 2. The zero-order valence-corrected chi connectivity index (χ0v) is 15.1. The van der Waals surface area contributed by atoms with E-state index in [-0.39, 0.29) is 6.04 Å². The Hall–Kier alpha value is -3.28. The quantitative estimate of drug-likeness (QED) is 0.781. The highest BCUT2D eigenvalue weighted by molar-refractivity contribution is 5.90. The number of ether oxygens (including phenoxy) is 2. The van der Waals surface area contributed by atoms with Gasteiger partial charge in [-0.25, -0.2) is 4.79 Å². The van der Waals surface area contributed by atoms with Crippen LogP contribution in [0.4, 0.5) is 5.69 Å². The van der Waals surface area contributed by atoms with Gasteiger partial charge < -0.3 is 9.47 Å². The van der Waals surface area contributed by atoms with Gasteiger partial charge in [-0.1, -0.05) is 42.5 Å². The van der Waals surface area contributed by atoms with Crippen molar-refractivity contribution in [3.63, 3.8) is 0 Å². The fourth-order valence-electron chi connectivity index (χ4n) is 3.99. The summed E-state index contributed by atoms with van der Waals surface area (Å²) in [5.41, 5.74) is 2.79. The third-order valence-corrected chi connectivity index (χ3v) is 5.14. The van der Waals surface area contributed by atoms with Gasteiger partial charge in [0.15, 0.2) is 6.04 Å². The molecular weight excluding hydrogens is 344 g/mol. The Morgan fingerprint density at radius 1 is 0.889 bits per heavy atom. The van der Waals surface area contributed by atoms with Crippen molar-refractivity contribution in [2.75, 3.05) is 19.2 Å². The van der Waals surface area contributed by atoms with Crippen LogP contribution >= 0.6 is 0 Å². The Morgan fingerprint density at radius 3 is 2.26 bits per heavy atom. The van der Waals surface area contributed by atoms with Crippen molar-refractivity contribution < 1.29 is 19.1 Å². The number of para-hydroxylation sites is 1. The zero-order chi connectivity index (χ0) is 19.0. The molecule has 1 saturated heterocycles. The lowest BCUT2D eigenvalue weighted by atomic mass is 9.85. The van der Waals surface area contributed by atoms with Crippen LogP contribution in [0.15, 0.2) is 60.8 Å². The summed E-state index contributed by atoms with van der Waals surface area (Å²) < 4.78 is 10.1. The first kappa shape index (κ1) is 17.1. The number of hydrogen-bond acceptors (Lipinski definition) is 6. The minimum Gasteiger partial charge on any atom is -0.469 e. The van der Waals surface area contributed by atoms with Crippen LogP contribution in [0.5, 0.6) is 0 Å². The van der Waals surface area contributed by atoms with E-state index in [2.05, 4.69) is 0 Å². The van der Waals surface area contributed by atoms with Crippen LogP contribution in [0.25, 0.3) is 6.08 Å². The van der Waals surface area contributed by atoms with Gasteiger partial charge in [0.05, 0.1) is 25.9 Å². The number of anilines is 1. The van der Waals surface area contributed by atoms with Gasteiger partial charge in [0, 0.05) is 6.20 Å². The maximum Gasteiger partial charge on any atom is 0.331 e. The molecule has 138 valence electrons. The molecule has 4 rings (SSSR count). The van der Waals surface area contributed by atoms with Gasteiger partial charge in [-0.05, 0) is 29.3 Å². The van der Waals surface area contributed by atoms with Crippen molar-refractivity contribution in [2.45, 2.75) is 12.1 Å². The summed E-state index contributed by atoms with van der Waals surface area (Å²) in [5.74, 6) is -1.65. The van der Waals surface area contributed by atoms with E-state index in [0.717, 1.165) is 16.8 Å². The minimum absolute atomic E-state index is 0.358. The van der Waals surface area contributed by atoms with Crippen LogP contribution < -0.4 is 5.01 Å². The van der Waals surface area contributed by atoms with Gasteiger partial charge >= 0.3 is 11.9 Å². The van der Waals surface area contributed by atoms with Crippen LogP contribution in [0, 0.1) is 5.92 Å². The second kappa shape index (κ2) is 6.79. The molecule has 0 bridgehead atoms. The monoisotopic (exact) mass is 364 g/mol. The van der Waals surface area contributed by atoms with Crippen LogP contribution in [0.1, 0.15) is 17.2 Å². The van der Waals surface area contributed by atoms with E-state index in [1.807, 2.05) is 76.9 Å². The van der Waals surface area contributed by atoms with Gasteiger partial charge in [-0.3, -0.25) is 14.8 Å². The third kappa shape index (κ3) is 2.65. The summed E-state index contributed by atoms with van der Waals surface area (Å²) in [6.07, 6.45) is 3.88. The molecule has 0 N–H and O–H groups in total. The van der Waals surface area contributed by atoms with Crippen molar-refractivity contribution in [3.05, 3.63) is 71.9 Å². The largest absolute Gasteiger partial charge is 0.469 e. The molecule has 6 heteroatoms. The van der Waals surface area contributed by atoms with Crippen molar-refractivity contribution in [1.29, 1.82) is 0 Å². The fourth-order valence-corrected chi connectivity index (χ4v) is 3.99. The Morgan fingerprint density at radius 2 is 1.56 bits per heavy atom. The van der Waals surface area contributed by atoms with E-state index in [1.54, 1.807) is 0 Å². The summed E-state index contributed by atoms with van der Waals surface area (Å²) in [4.78, 5) is 25.5. The molecule has 0 aromatic heterocycles. The van der Waals surface area contributed by atoms with Gasteiger partial charge in [-0.2, -0.15) is 0 Å². The van der Waals surface area contributed by atoms with E-state index in [4.69, 9.17) is 9.47 Å². The molecule has 2 heterocycles. The Bertz CT molecular complexity index is 880. The topological polar surface area (TPSA) is 59.1 Å². The van der Waals surface area contributed by atoms with Crippen molar-refractivity contribution in [1.82, 2.24) is 5.01 Å². The normalized spacial score (nSPS) is 22.8. The number of hydrazine groups is 1. The van der Waals surface area contributed by atoms with Crippen LogP contribution in [-0.4, -0.2) is 37.2 Å². The first-order chi connectivity index (χ1) is 13.2. The summed E-state index contributed by atoms with van der Waals surface area (Å²) >= 11 is 0. The number of fused-ring (bicyclic) bond motifs is 3.